The van der Waals surface area contributed by atoms with Crippen molar-refractivity contribution in [2.75, 3.05) is 59.3 Å². The lowest BCUT2D eigenvalue weighted by atomic mass is 9.47. The van der Waals surface area contributed by atoms with Crippen molar-refractivity contribution in [3.05, 3.63) is 23.8 Å². The van der Waals surface area contributed by atoms with Crippen molar-refractivity contribution in [2.45, 2.75) is 253 Å². The van der Waals surface area contributed by atoms with Crippen LogP contribution in [0.4, 0.5) is 0 Å². The number of ether oxygens (including phenoxy) is 4. The van der Waals surface area contributed by atoms with Crippen LogP contribution in [0.1, 0.15) is 241 Å². The molecule has 1 unspecified atom stereocenters. The number of likely N-dealkylation sites (tertiary alicyclic amines) is 1. The summed E-state index contributed by atoms with van der Waals surface area (Å²) in [7, 11) is 0. The highest BCUT2D eigenvalue weighted by Gasteiger charge is 2.59. The van der Waals surface area contributed by atoms with Crippen LogP contribution in [0, 0.1) is 46.3 Å². The van der Waals surface area contributed by atoms with Gasteiger partial charge in [0.1, 0.15) is 0 Å². The Morgan fingerprint density at radius 2 is 1.34 bits per heavy atom. The van der Waals surface area contributed by atoms with Crippen LogP contribution < -0.4 is 0 Å². The topological polar surface area (TPSA) is 40.2 Å². The number of nitrogens with zero attached hydrogens (tertiary/aromatic N) is 1. The SMILES string of the molecule is CCCCCCCCC=CCCCCCCCCOCC(CN1CCCCCC1)OCCCOCCCO[C@H]1CC[C@@]2(C)C(=CC[C@H]3[C@@H]4CC[C@H]([C@H](C)CCCC(C)C)[C@@]4(C)CC[C@@H]32)C1. The second-order valence-corrected chi connectivity index (χ2v) is 23.6. The molecule has 378 valence electrons. The Bertz CT molecular complexity index is 1270. The Kier molecular flexibility index (Phi) is 26.8. The molecule has 5 aliphatic rings. The van der Waals surface area contributed by atoms with Gasteiger partial charge in [0.25, 0.3) is 0 Å². The van der Waals surface area contributed by atoms with Gasteiger partial charge in [-0.25, -0.2) is 0 Å². The molecule has 3 saturated carbocycles. The number of allylic oxidation sites excluding steroid dienone is 3. The molecular weight excluding hydrogens is 799 g/mol. The zero-order chi connectivity index (χ0) is 46.0. The number of hydrogen-bond donors (Lipinski definition) is 0. The maximum Gasteiger partial charge on any atom is 0.0934 e. The first-order chi connectivity index (χ1) is 31.7. The van der Waals surface area contributed by atoms with Gasteiger partial charge < -0.3 is 23.8 Å². The van der Waals surface area contributed by atoms with Crippen LogP contribution in [0.3, 0.4) is 0 Å². The van der Waals surface area contributed by atoms with E-state index in [4.69, 9.17) is 18.9 Å². The fourth-order valence-corrected chi connectivity index (χ4v) is 14.1. The van der Waals surface area contributed by atoms with Crippen LogP contribution >= 0.6 is 0 Å². The molecule has 0 radical (unpaired) electrons. The first-order valence-electron chi connectivity index (χ1n) is 29.2. The quantitative estimate of drug-likeness (QED) is 0.0468. The number of hydrogen-bond acceptors (Lipinski definition) is 5. The number of fused-ring (bicyclic) bond motifs is 5. The van der Waals surface area contributed by atoms with E-state index in [0.717, 1.165) is 101 Å². The predicted molar refractivity (Wildman–Crippen MR) is 278 cm³/mol. The molecule has 1 saturated heterocycles. The van der Waals surface area contributed by atoms with E-state index in [1.165, 1.54) is 193 Å². The number of rotatable bonds is 35. The van der Waals surface area contributed by atoms with Gasteiger partial charge in [0.15, 0.2) is 0 Å². The van der Waals surface area contributed by atoms with Gasteiger partial charge in [0.05, 0.1) is 18.8 Å². The minimum atomic E-state index is 0.157. The molecule has 5 nitrogen and oxygen atoms in total. The molecule has 0 N–H and O–H groups in total. The Balaban J connectivity index is 0.890. The molecule has 0 aromatic heterocycles. The van der Waals surface area contributed by atoms with Crippen LogP contribution in [-0.4, -0.2) is 76.4 Å². The lowest BCUT2D eigenvalue weighted by molar-refractivity contribution is -0.0651. The van der Waals surface area contributed by atoms with Crippen molar-refractivity contribution in [1.29, 1.82) is 0 Å². The van der Waals surface area contributed by atoms with Crippen molar-refractivity contribution in [2.24, 2.45) is 46.3 Å². The predicted octanol–water partition coefficient (Wildman–Crippen LogP) is 16.5. The van der Waals surface area contributed by atoms with Gasteiger partial charge >= 0.3 is 0 Å². The van der Waals surface area contributed by atoms with E-state index in [-0.39, 0.29) is 6.10 Å². The smallest absolute Gasteiger partial charge is 0.0934 e. The molecule has 0 bridgehead atoms. The maximum absolute atomic E-state index is 6.57. The molecule has 65 heavy (non-hydrogen) atoms. The highest BCUT2D eigenvalue weighted by Crippen LogP contribution is 2.67. The van der Waals surface area contributed by atoms with Gasteiger partial charge in [-0.2, -0.15) is 0 Å². The van der Waals surface area contributed by atoms with Crippen molar-refractivity contribution >= 4 is 0 Å². The van der Waals surface area contributed by atoms with Gasteiger partial charge in [0, 0.05) is 39.6 Å². The molecule has 0 aromatic rings. The van der Waals surface area contributed by atoms with Gasteiger partial charge in [-0.1, -0.05) is 155 Å². The molecular formula is C60H109NO4. The Labute approximate surface area is 404 Å². The summed E-state index contributed by atoms with van der Waals surface area (Å²) in [6, 6.07) is 0. The second-order valence-electron chi connectivity index (χ2n) is 23.6. The van der Waals surface area contributed by atoms with Crippen LogP contribution in [0.2, 0.25) is 0 Å². The van der Waals surface area contributed by atoms with Gasteiger partial charge in [-0.3, -0.25) is 0 Å². The largest absolute Gasteiger partial charge is 0.381 e. The highest BCUT2D eigenvalue weighted by molar-refractivity contribution is 5.25. The minimum Gasteiger partial charge on any atom is -0.381 e. The molecule has 0 aromatic carbocycles. The Morgan fingerprint density at radius 3 is 2.06 bits per heavy atom. The van der Waals surface area contributed by atoms with E-state index in [1.54, 1.807) is 5.57 Å². The standard InChI is InChI=1S/C60H109NO4/c1-7-8-9-10-11-12-13-14-15-16-17-18-19-20-23-26-42-63-49-54(48-61-40-24-21-22-25-41-61)65-46-29-44-62-43-28-45-64-53-36-38-59(5)52(47-53)32-33-55-57-35-34-56(51(4)31-27-30-50(2)3)60(57,6)39-37-58(55)59/h14-15,32,50-51,53-58H,7-13,16-31,33-49H2,1-6H3/t51-,53+,54?,55+,56-,57+,58+,59+,60-/m1/s1. The highest BCUT2D eigenvalue weighted by atomic mass is 16.5. The minimum absolute atomic E-state index is 0.157. The molecule has 5 heteroatoms. The van der Waals surface area contributed by atoms with E-state index in [1.807, 2.05) is 0 Å². The van der Waals surface area contributed by atoms with Crippen LogP contribution in [0.25, 0.3) is 0 Å². The monoisotopic (exact) mass is 908 g/mol. The zero-order valence-corrected chi connectivity index (χ0v) is 44.2. The van der Waals surface area contributed by atoms with Crippen molar-refractivity contribution in [3.8, 4) is 0 Å². The summed E-state index contributed by atoms with van der Waals surface area (Å²) >= 11 is 0. The van der Waals surface area contributed by atoms with E-state index < -0.39 is 0 Å². The summed E-state index contributed by atoms with van der Waals surface area (Å²) in [5.41, 5.74) is 2.73. The first-order valence-corrected chi connectivity index (χ1v) is 29.2. The molecule has 0 amide bonds. The van der Waals surface area contributed by atoms with Crippen molar-refractivity contribution < 1.29 is 18.9 Å². The molecule has 1 heterocycles. The third kappa shape index (κ3) is 18.8. The van der Waals surface area contributed by atoms with E-state index in [9.17, 15) is 0 Å². The van der Waals surface area contributed by atoms with Gasteiger partial charge in [-0.05, 0) is 169 Å². The summed E-state index contributed by atoms with van der Waals surface area (Å²) in [6.07, 6.45) is 49.4. The Morgan fingerprint density at radius 1 is 0.662 bits per heavy atom. The average molecular weight is 909 g/mol. The van der Waals surface area contributed by atoms with Crippen LogP contribution in [0.15, 0.2) is 23.8 Å². The van der Waals surface area contributed by atoms with Gasteiger partial charge in [-0.15, -0.1) is 0 Å². The number of unbranched alkanes of at least 4 members (excludes halogenated alkanes) is 12. The summed E-state index contributed by atoms with van der Waals surface area (Å²) in [6.45, 7) is 23.2. The van der Waals surface area contributed by atoms with Crippen molar-refractivity contribution in [3.63, 3.8) is 0 Å². The average Bonchev–Trinajstić information content (AvgIpc) is 3.45. The van der Waals surface area contributed by atoms with Crippen molar-refractivity contribution in [1.82, 2.24) is 4.90 Å². The summed E-state index contributed by atoms with van der Waals surface area (Å²) in [4.78, 5) is 2.63. The van der Waals surface area contributed by atoms with Gasteiger partial charge in [0.2, 0.25) is 0 Å². The lowest BCUT2D eigenvalue weighted by Gasteiger charge is -2.58. The fraction of sp³-hybridized carbons (Fsp3) is 0.933. The van der Waals surface area contributed by atoms with E-state index in [2.05, 4.69) is 64.7 Å². The third-order valence-electron chi connectivity index (χ3n) is 18.1. The molecule has 5 rings (SSSR count). The van der Waals surface area contributed by atoms with Crippen LogP contribution in [-0.2, 0) is 18.9 Å². The molecule has 4 aliphatic carbocycles. The summed E-state index contributed by atoms with van der Waals surface area (Å²) in [5.74, 6) is 5.41. The molecule has 4 fully saturated rings. The summed E-state index contributed by atoms with van der Waals surface area (Å²) in [5, 5.41) is 0. The normalized spacial score (nSPS) is 29.4. The van der Waals surface area contributed by atoms with E-state index >= 15 is 0 Å². The maximum atomic E-state index is 6.57. The lowest BCUT2D eigenvalue weighted by Crippen LogP contribution is -2.51. The zero-order valence-electron chi connectivity index (χ0n) is 44.2. The molecule has 0 spiro atoms. The summed E-state index contributed by atoms with van der Waals surface area (Å²) < 4.78 is 25.4. The molecule has 1 aliphatic heterocycles. The third-order valence-corrected chi connectivity index (χ3v) is 18.1. The molecule has 9 atom stereocenters. The first kappa shape index (κ1) is 55.2. The van der Waals surface area contributed by atoms with Crippen LogP contribution in [0.5, 0.6) is 0 Å². The van der Waals surface area contributed by atoms with E-state index in [0.29, 0.717) is 16.9 Å². The fourth-order valence-electron chi connectivity index (χ4n) is 14.1. The Hall–Kier alpha value is -0.720. The second kappa shape index (κ2) is 31.5.